The smallest absolute Gasteiger partial charge is 0.277 e. The van der Waals surface area contributed by atoms with Gasteiger partial charge in [-0.1, -0.05) is 29.4 Å². The van der Waals surface area contributed by atoms with Crippen LogP contribution in [0.3, 0.4) is 0 Å². The van der Waals surface area contributed by atoms with Gasteiger partial charge in [-0.3, -0.25) is 14.2 Å². The number of rotatable bonds is 8. The number of aromatic nitrogens is 6. The van der Waals surface area contributed by atoms with E-state index in [4.69, 9.17) is 16.0 Å². The van der Waals surface area contributed by atoms with Crippen molar-refractivity contribution in [1.29, 1.82) is 0 Å². The molecule has 1 aromatic carbocycles. The molecule has 0 unspecified atom stereocenters. The number of carbonyl (C=O) groups is 1. The fraction of sp³-hybridized carbons (Fsp3) is 0.211. The van der Waals surface area contributed by atoms with Gasteiger partial charge in [0, 0.05) is 29.0 Å². The Morgan fingerprint density at radius 1 is 1.16 bits per heavy atom. The third-order valence-corrected chi connectivity index (χ3v) is 5.31. The lowest BCUT2D eigenvalue weighted by Gasteiger charge is -2.06. The van der Waals surface area contributed by atoms with E-state index in [1.165, 1.54) is 16.8 Å². The molecule has 0 saturated heterocycles. The molecule has 0 fully saturated rings. The van der Waals surface area contributed by atoms with Crippen molar-refractivity contribution in [3.05, 3.63) is 70.7 Å². The van der Waals surface area contributed by atoms with E-state index in [0.29, 0.717) is 28.8 Å². The normalized spacial score (nSPS) is 11.1. The average molecular weight is 462 g/mol. The molecule has 4 rings (SSSR count). The molecule has 1 N–H and O–H groups in total. The zero-order valence-electron chi connectivity index (χ0n) is 16.3. The van der Waals surface area contributed by atoms with Gasteiger partial charge in [0.1, 0.15) is 12.4 Å². The predicted octanol–water partition coefficient (Wildman–Crippen LogP) is 3.39. The zero-order chi connectivity index (χ0) is 21.8. The van der Waals surface area contributed by atoms with Crippen molar-refractivity contribution < 1.29 is 13.6 Å². The summed E-state index contributed by atoms with van der Waals surface area (Å²) in [5.41, 5.74) is 1.23. The Labute approximate surface area is 185 Å². The third-order valence-electron chi connectivity index (χ3n) is 4.14. The highest BCUT2D eigenvalue weighted by molar-refractivity contribution is 7.99. The van der Waals surface area contributed by atoms with E-state index < -0.39 is 5.82 Å². The lowest BCUT2D eigenvalue weighted by Crippen LogP contribution is -2.15. The van der Waals surface area contributed by atoms with Crippen LogP contribution in [0.25, 0.3) is 0 Å². The Kier molecular flexibility index (Phi) is 6.33. The first kappa shape index (κ1) is 21.1. The topological polar surface area (TPSA) is 104 Å². The molecule has 12 heteroatoms. The number of carbonyl (C=O) groups excluding carboxylic acids is 1. The van der Waals surface area contributed by atoms with E-state index in [0.717, 1.165) is 17.5 Å². The molecule has 1 amide bonds. The molecular formula is C19H17ClFN7O2S. The van der Waals surface area contributed by atoms with Crippen molar-refractivity contribution in [2.45, 2.75) is 25.2 Å². The number of hydrogen-bond donors (Lipinski definition) is 1. The van der Waals surface area contributed by atoms with Crippen LogP contribution in [-0.2, 0) is 17.9 Å². The van der Waals surface area contributed by atoms with E-state index in [-0.39, 0.29) is 23.4 Å². The Hall–Kier alpha value is -3.18. The van der Waals surface area contributed by atoms with Crippen molar-refractivity contribution in [2.75, 3.05) is 11.1 Å². The van der Waals surface area contributed by atoms with E-state index >= 15 is 0 Å². The van der Waals surface area contributed by atoms with Crippen LogP contribution in [0.15, 0.2) is 52.4 Å². The van der Waals surface area contributed by atoms with Crippen molar-refractivity contribution in [3.63, 3.8) is 0 Å². The summed E-state index contributed by atoms with van der Waals surface area (Å²) >= 11 is 7.15. The number of halogens is 2. The van der Waals surface area contributed by atoms with Gasteiger partial charge in [0.05, 0.1) is 18.0 Å². The van der Waals surface area contributed by atoms with E-state index in [9.17, 15) is 9.18 Å². The molecule has 160 valence electrons. The van der Waals surface area contributed by atoms with Crippen LogP contribution in [-0.4, -0.2) is 41.4 Å². The summed E-state index contributed by atoms with van der Waals surface area (Å²) in [4.78, 5) is 12.2. The van der Waals surface area contributed by atoms with Gasteiger partial charge in [0.15, 0.2) is 5.82 Å². The first-order chi connectivity index (χ1) is 15.0. The minimum absolute atomic E-state index is 0.0640. The van der Waals surface area contributed by atoms with Crippen molar-refractivity contribution in [2.24, 2.45) is 0 Å². The maximum Gasteiger partial charge on any atom is 0.277 e. The highest BCUT2D eigenvalue weighted by atomic mass is 35.5. The number of aryl methyl sites for hydroxylation is 1. The Morgan fingerprint density at radius 2 is 1.97 bits per heavy atom. The second-order valence-corrected chi connectivity index (χ2v) is 7.89. The minimum Gasteiger partial charge on any atom is -0.414 e. The molecule has 4 aromatic rings. The van der Waals surface area contributed by atoms with Gasteiger partial charge >= 0.3 is 0 Å². The summed E-state index contributed by atoms with van der Waals surface area (Å²) in [6, 6.07) is 7.99. The molecule has 0 spiro atoms. The number of nitrogens with zero attached hydrogens (tertiary/aromatic N) is 6. The maximum atomic E-state index is 13.9. The van der Waals surface area contributed by atoms with Crippen molar-refractivity contribution >= 4 is 35.1 Å². The van der Waals surface area contributed by atoms with Crippen LogP contribution >= 0.6 is 23.4 Å². The number of hydrogen-bond acceptors (Lipinski definition) is 7. The van der Waals surface area contributed by atoms with Crippen molar-refractivity contribution in [1.82, 2.24) is 29.8 Å². The molecule has 3 aromatic heterocycles. The zero-order valence-corrected chi connectivity index (χ0v) is 17.9. The van der Waals surface area contributed by atoms with Gasteiger partial charge in [-0.05, 0) is 25.1 Å². The molecule has 3 heterocycles. The molecule has 31 heavy (non-hydrogen) atoms. The Balaban J connectivity index is 1.28. The molecule has 9 nitrogen and oxygen atoms in total. The van der Waals surface area contributed by atoms with Gasteiger partial charge in [-0.15, -0.1) is 10.2 Å². The summed E-state index contributed by atoms with van der Waals surface area (Å²) in [5, 5.41) is 19.6. The number of anilines is 1. The van der Waals surface area contributed by atoms with Crippen LogP contribution in [0, 0.1) is 12.7 Å². The first-order valence-corrected chi connectivity index (χ1v) is 10.5. The van der Waals surface area contributed by atoms with Crippen molar-refractivity contribution in [3.8, 4) is 0 Å². The Bertz CT molecular complexity index is 1190. The van der Waals surface area contributed by atoms with Crippen LogP contribution in [0.1, 0.15) is 17.1 Å². The SMILES string of the molecule is Cc1ccn(Cc2nnc(SCC(=O)Nc3ccn(Cc4c(F)cccc4Cl)n3)o2)n1. The van der Waals surface area contributed by atoms with E-state index in [1.807, 2.05) is 19.2 Å². The number of thioether (sulfide) groups is 1. The molecule has 0 aliphatic carbocycles. The molecule has 0 radical (unpaired) electrons. The van der Waals surface area contributed by atoms with Gasteiger partial charge in [-0.2, -0.15) is 10.2 Å². The molecule has 0 saturated carbocycles. The van der Waals surface area contributed by atoms with E-state index in [2.05, 4.69) is 25.7 Å². The quantitative estimate of drug-likeness (QED) is 0.401. The molecule has 0 aliphatic rings. The number of benzene rings is 1. The summed E-state index contributed by atoms with van der Waals surface area (Å²) in [6.45, 7) is 2.40. The Morgan fingerprint density at radius 3 is 2.74 bits per heavy atom. The lowest BCUT2D eigenvalue weighted by atomic mass is 10.2. The minimum atomic E-state index is -0.411. The highest BCUT2D eigenvalue weighted by Crippen LogP contribution is 2.20. The first-order valence-electron chi connectivity index (χ1n) is 9.18. The highest BCUT2D eigenvalue weighted by Gasteiger charge is 2.13. The second-order valence-electron chi connectivity index (χ2n) is 6.55. The van der Waals surface area contributed by atoms with E-state index in [1.54, 1.807) is 23.0 Å². The lowest BCUT2D eigenvalue weighted by molar-refractivity contribution is -0.113. The van der Waals surface area contributed by atoms with Crippen LogP contribution < -0.4 is 5.32 Å². The monoisotopic (exact) mass is 461 g/mol. The van der Waals surface area contributed by atoms with Crippen LogP contribution in [0.4, 0.5) is 10.2 Å². The summed E-state index contributed by atoms with van der Waals surface area (Å²) in [7, 11) is 0. The largest absolute Gasteiger partial charge is 0.414 e. The summed E-state index contributed by atoms with van der Waals surface area (Å²) in [5.74, 6) is 0.109. The molecule has 0 atom stereocenters. The number of amides is 1. The second kappa shape index (κ2) is 9.31. The maximum absolute atomic E-state index is 13.9. The third kappa shape index (κ3) is 5.50. The van der Waals surface area contributed by atoms with Crippen LogP contribution in [0.2, 0.25) is 5.02 Å². The molecular weight excluding hydrogens is 445 g/mol. The van der Waals surface area contributed by atoms with Crippen LogP contribution in [0.5, 0.6) is 0 Å². The van der Waals surface area contributed by atoms with Gasteiger partial charge in [0.25, 0.3) is 5.22 Å². The van der Waals surface area contributed by atoms with Gasteiger partial charge < -0.3 is 9.73 Å². The molecule has 0 bridgehead atoms. The fourth-order valence-corrected chi connectivity index (χ4v) is 3.52. The molecule has 0 aliphatic heterocycles. The number of nitrogens with one attached hydrogen (secondary N) is 1. The standard InChI is InChI=1S/C19H17ClFN7O2S/c1-12-5-7-28(25-12)10-18-23-24-19(30-18)31-11-17(29)22-16-6-8-27(26-16)9-13-14(20)3-2-4-15(13)21/h2-8H,9-11H2,1H3,(H,22,26,29). The predicted molar refractivity (Wildman–Crippen MR) is 112 cm³/mol. The summed E-state index contributed by atoms with van der Waals surface area (Å²) in [6.07, 6.45) is 3.45. The van der Waals surface area contributed by atoms with Gasteiger partial charge in [0.2, 0.25) is 11.8 Å². The summed E-state index contributed by atoms with van der Waals surface area (Å²) < 4.78 is 22.6. The fourth-order valence-electron chi connectivity index (χ4n) is 2.72. The average Bonchev–Trinajstić information content (AvgIpc) is 3.46. The van der Waals surface area contributed by atoms with Gasteiger partial charge in [-0.25, -0.2) is 4.39 Å².